The first-order chi connectivity index (χ1) is 16.6. The minimum Gasteiger partial charge on any atom is -0.469 e. The number of carbonyl (C=O) groups is 4. The number of aliphatic hydroxyl groups excluding tert-OH is 1. The van der Waals surface area contributed by atoms with Crippen molar-refractivity contribution in [2.24, 2.45) is 11.3 Å². The molecule has 0 saturated carbocycles. The second-order valence-electron chi connectivity index (χ2n) is 10.5. The van der Waals surface area contributed by atoms with Gasteiger partial charge in [0.15, 0.2) is 0 Å². The van der Waals surface area contributed by atoms with Crippen molar-refractivity contribution in [2.45, 2.75) is 65.6 Å². The largest absolute Gasteiger partial charge is 0.469 e. The lowest BCUT2D eigenvalue weighted by Gasteiger charge is -2.26. The van der Waals surface area contributed by atoms with Gasteiger partial charge >= 0.3 is 24.1 Å². The Kier molecular flexibility index (Phi) is 9.54. The second kappa shape index (κ2) is 11.7. The van der Waals surface area contributed by atoms with Crippen molar-refractivity contribution in [3.05, 3.63) is 0 Å². The SMILES string of the molecule is COC(=O)C1(CO)CCN(C(=O)OC(C)(C)C)C1.COC(=O)C1CCN(C(=O)OC(C)(C)C)C1.[2HH].[2H][2H]. The Hall–Kier alpha value is -2.56. The summed E-state index contributed by atoms with van der Waals surface area (Å²) in [5.41, 5.74) is -2.08. The fourth-order valence-corrected chi connectivity index (χ4v) is 3.54. The summed E-state index contributed by atoms with van der Waals surface area (Å²) in [7, 11) is 2.63. The van der Waals surface area contributed by atoms with Crippen molar-refractivity contribution in [3.63, 3.8) is 0 Å². The molecule has 2 saturated heterocycles. The summed E-state index contributed by atoms with van der Waals surface area (Å²) < 4.78 is 29.8. The lowest BCUT2D eigenvalue weighted by Crippen LogP contribution is -2.41. The number of hydrogen-bond acceptors (Lipinski definition) is 9. The highest BCUT2D eigenvalue weighted by atomic mass is 16.6. The standard InChI is InChI=1S/C12H21NO5.C11H19NO4.2H2/c1-11(2,3)18-10(16)13-6-5-12(7-13,8-14)9(15)17-4;1-11(2,3)16-10(14)12-6-5-8(7-12)9(13)15-4;;/h14H,5-8H2,1-4H3;8H,5-7H2,1-4H3;2*1H/i;;1+1D;1+1. The zero-order valence-corrected chi connectivity index (χ0v) is 21.6. The van der Waals surface area contributed by atoms with E-state index in [1.807, 2.05) is 20.8 Å². The highest BCUT2D eigenvalue weighted by molar-refractivity contribution is 5.79. The normalized spacial score (nSPS) is 22.7. The fraction of sp³-hybridized carbons (Fsp3) is 0.826. The molecule has 0 spiro atoms. The van der Waals surface area contributed by atoms with Crippen molar-refractivity contribution in [3.8, 4) is 0 Å². The first kappa shape index (κ1) is 27.7. The van der Waals surface area contributed by atoms with Crippen LogP contribution in [-0.4, -0.2) is 97.2 Å². The van der Waals surface area contributed by atoms with Crippen molar-refractivity contribution in [2.75, 3.05) is 47.0 Å². The van der Waals surface area contributed by atoms with Crippen LogP contribution in [0.3, 0.4) is 0 Å². The number of methoxy groups -OCH3 is 2. The van der Waals surface area contributed by atoms with Gasteiger partial charge in [-0.1, -0.05) is 0 Å². The monoisotopic (exact) mass is 495 g/mol. The summed E-state index contributed by atoms with van der Waals surface area (Å²) in [5.74, 6) is -0.959. The molecular weight excluding hydrogens is 448 g/mol. The topological polar surface area (TPSA) is 132 Å². The molecule has 11 heteroatoms. The predicted octanol–water partition coefficient (Wildman–Crippen LogP) is 2.69. The van der Waals surface area contributed by atoms with Gasteiger partial charge in [0.05, 0.1) is 26.7 Å². The van der Waals surface area contributed by atoms with Crippen molar-refractivity contribution < 1.29 is 47.6 Å². The molecule has 0 aliphatic carbocycles. The van der Waals surface area contributed by atoms with E-state index in [1.54, 1.807) is 25.7 Å². The van der Waals surface area contributed by atoms with Gasteiger partial charge in [0.2, 0.25) is 0 Å². The lowest BCUT2D eigenvalue weighted by molar-refractivity contribution is -0.154. The maximum Gasteiger partial charge on any atom is 0.410 e. The van der Waals surface area contributed by atoms with Gasteiger partial charge in [-0.25, -0.2) is 9.59 Å². The number of likely N-dealkylation sites (tertiary alicyclic amines) is 2. The first-order valence-electron chi connectivity index (χ1n) is 12.3. The van der Waals surface area contributed by atoms with Crippen LogP contribution in [0.4, 0.5) is 9.59 Å². The Labute approximate surface area is 206 Å². The molecule has 2 fully saturated rings. The van der Waals surface area contributed by atoms with Crippen LogP contribution in [0.1, 0.15) is 58.8 Å². The quantitative estimate of drug-likeness (QED) is 0.463. The molecule has 0 aromatic heterocycles. The van der Waals surface area contributed by atoms with E-state index in [0.29, 0.717) is 32.5 Å². The number of amides is 2. The van der Waals surface area contributed by atoms with E-state index in [4.69, 9.17) is 12.4 Å². The van der Waals surface area contributed by atoms with Crippen LogP contribution < -0.4 is 0 Å². The fourth-order valence-electron chi connectivity index (χ4n) is 3.54. The molecule has 0 radical (unpaired) electrons. The summed E-state index contributed by atoms with van der Waals surface area (Å²) in [4.78, 5) is 49.4. The average Bonchev–Trinajstić information content (AvgIpc) is 3.46. The molecule has 2 amide bonds. The van der Waals surface area contributed by atoms with Gasteiger partial charge in [0, 0.05) is 30.6 Å². The van der Waals surface area contributed by atoms with E-state index in [9.17, 15) is 24.3 Å². The minimum absolute atomic E-state index is 0. The Morgan fingerprint density at radius 1 is 0.941 bits per heavy atom. The summed E-state index contributed by atoms with van der Waals surface area (Å²) in [6.07, 6.45) is 0.196. The molecule has 2 heterocycles. The van der Waals surface area contributed by atoms with E-state index in [-0.39, 0.29) is 32.6 Å². The summed E-state index contributed by atoms with van der Waals surface area (Å²) >= 11 is 0. The molecule has 11 nitrogen and oxygen atoms in total. The zero-order chi connectivity index (χ0) is 28.3. The van der Waals surface area contributed by atoms with Crippen LogP contribution in [0.15, 0.2) is 0 Å². The Morgan fingerprint density at radius 3 is 1.91 bits per heavy atom. The molecule has 0 bridgehead atoms. The van der Waals surface area contributed by atoms with Crippen molar-refractivity contribution >= 4 is 24.1 Å². The summed E-state index contributed by atoms with van der Waals surface area (Å²) in [6.45, 7) is 11.9. The van der Waals surface area contributed by atoms with Crippen LogP contribution in [0.25, 0.3) is 0 Å². The molecule has 2 rings (SSSR count). The van der Waals surface area contributed by atoms with E-state index >= 15 is 0 Å². The van der Waals surface area contributed by atoms with Gasteiger partial charge in [0.1, 0.15) is 16.6 Å². The number of hydrogen-bond donors (Lipinski definition) is 1. The number of carbonyl (C=O) groups excluding carboxylic acids is 4. The molecular formula is C23H44N2O9. The third kappa shape index (κ3) is 8.66. The van der Waals surface area contributed by atoms with E-state index in [1.165, 1.54) is 19.1 Å². The third-order valence-corrected chi connectivity index (χ3v) is 5.30. The van der Waals surface area contributed by atoms with Crippen LogP contribution in [-0.2, 0) is 28.5 Å². The van der Waals surface area contributed by atoms with Crippen LogP contribution in [0.2, 0.25) is 0 Å². The van der Waals surface area contributed by atoms with E-state index < -0.39 is 28.7 Å². The summed E-state index contributed by atoms with van der Waals surface area (Å²) in [6, 6.07) is 0. The number of ether oxygens (including phenoxy) is 4. The van der Waals surface area contributed by atoms with Gasteiger partial charge in [-0.3, -0.25) is 9.59 Å². The van der Waals surface area contributed by atoms with Gasteiger partial charge in [-0.05, 0) is 54.4 Å². The molecule has 0 aromatic carbocycles. The molecule has 200 valence electrons. The predicted molar refractivity (Wildman–Crippen MR) is 126 cm³/mol. The molecule has 2 aliphatic rings. The molecule has 2 atom stereocenters. The highest BCUT2D eigenvalue weighted by Gasteiger charge is 2.47. The minimum atomic E-state index is -1.01. The number of aliphatic hydroxyl groups is 1. The zero-order valence-electron chi connectivity index (χ0n) is 23.6. The summed E-state index contributed by atoms with van der Waals surface area (Å²) in [5, 5.41) is 9.37. The molecule has 2 aliphatic heterocycles. The van der Waals surface area contributed by atoms with Crippen molar-refractivity contribution in [1.82, 2.24) is 9.80 Å². The molecule has 1 N–H and O–H groups in total. The van der Waals surface area contributed by atoms with Gasteiger partial charge in [0.25, 0.3) is 0 Å². The lowest BCUT2D eigenvalue weighted by atomic mass is 9.88. The van der Waals surface area contributed by atoms with E-state index in [2.05, 4.69) is 9.47 Å². The molecule has 0 aromatic rings. The first-order valence-corrected chi connectivity index (χ1v) is 11.3. The Balaban J connectivity index is 0. The van der Waals surface area contributed by atoms with Crippen molar-refractivity contribution in [1.29, 1.82) is 0 Å². The number of esters is 2. The number of nitrogens with zero attached hydrogens (tertiary/aromatic N) is 2. The van der Waals surface area contributed by atoms with E-state index in [0.717, 1.165) is 0 Å². The van der Waals surface area contributed by atoms with Crippen LogP contribution in [0, 0.1) is 11.3 Å². The Bertz CT molecular complexity index is 757. The van der Waals surface area contributed by atoms with Gasteiger partial charge in [-0.2, -0.15) is 0 Å². The second-order valence-corrected chi connectivity index (χ2v) is 10.5. The van der Waals surface area contributed by atoms with Gasteiger partial charge < -0.3 is 33.9 Å². The van der Waals surface area contributed by atoms with Crippen LogP contribution >= 0.6 is 0 Å². The maximum atomic E-state index is 11.8. The smallest absolute Gasteiger partial charge is 0.410 e. The Morgan fingerprint density at radius 2 is 1.47 bits per heavy atom. The molecule has 34 heavy (non-hydrogen) atoms. The highest BCUT2D eigenvalue weighted by Crippen LogP contribution is 2.32. The third-order valence-electron chi connectivity index (χ3n) is 5.30. The maximum absolute atomic E-state index is 11.8. The van der Waals surface area contributed by atoms with Crippen LogP contribution in [0.5, 0.6) is 0 Å². The van der Waals surface area contributed by atoms with Gasteiger partial charge in [-0.15, -0.1) is 0 Å². The molecule has 2 unspecified atom stereocenters. The average molecular weight is 496 g/mol. The number of rotatable bonds is 3.